The van der Waals surface area contributed by atoms with Gasteiger partial charge in [-0.2, -0.15) is 4.98 Å². The molecule has 1 unspecified atom stereocenters. The van der Waals surface area contributed by atoms with Crippen LogP contribution in [0.15, 0.2) is 35.2 Å². The number of rotatable bonds is 8. The Balaban J connectivity index is 1.58. The Kier molecular flexibility index (Phi) is 5.52. The molecule has 0 radical (unpaired) electrons. The van der Waals surface area contributed by atoms with E-state index in [0.717, 1.165) is 5.75 Å². The number of nitrogens with zero attached hydrogens (tertiary/aromatic N) is 2. The summed E-state index contributed by atoms with van der Waals surface area (Å²) in [7, 11) is 0. The summed E-state index contributed by atoms with van der Waals surface area (Å²) in [4.78, 5) is 3.91. The zero-order chi connectivity index (χ0) is 14.2. The molecule has 1 aromatic carbocycles. The fourth-order valence-electron chi connectivity index (χ4n) is 1.66. The summed E-state index contributed by atoms with van der Waals surface area (Å²) in [5.41, 5.74) is 1.18. The first-order chi connectivity index (χ1) is 9.74. The van der Waals surface area contributed by atoms with Crippen LogP contribution in [-0.2, 0) is 6.42 Å². The number of aromatic nitrogens is 2. The molecule has 6 nitrogen and oxygen atoms in total. The number of hydrogen-bond acceptors (Lipinski definition) is 6. The monoisotopic (exact) mass is 277 g/mol. The lowest BCUT2D eigenvalue weighted by molar-refractivity contribution is 0.106. The molecule has 0 aliphatic heterocycles. The fraction of sp³-hybridized carbons (Fsp3) is 0.429. The van der Waals surface area contributed by atoms with Crippen molar-refractivity contribution >= 4 is 0 Å². The number of nitrogens with one attached hydrogen (secondary N) is 1. The molecule has 20 heavy (non-hydrogen) atoms. The molecule has 6 heteroatoms. The highest BCUT2D eigenvalue weighted by Gasteiger charge is 2.05. The summed E-state index contributed by atoms with van der Waals surface area (Å²) < 4.78 is 10.1. The second-order valence-corrected chi connectivity index (χ2v) is 4.58. The number of hydrogen-bond donors (Lipinski definition) is 2. The minimum atomic E-state index is -0.554. The average molecular weight is 277 g/mol. The summed E-state index contributed by atoms with van der Waals surface area (Å²) >= 11 is 0. The van der Waals surface area contributed by atoms with E-state index in [9.17, 15) is 5.11 Å². The van der Waals surface area contributed by atoms with Crippen molar-refractivity contribution in [1.29, 1.82) is 0 Å². The topological polar surface area (TPSA) is 80.4 Å². The number of aliphatic hydroxyl groups is 1. The molecule has 1 atom stereocenters. The van der Waals surface area contributed by atoms with E-state index >= 15 is 0 Å². The van der Waals surface area contributed by atoms with Gasteiger partial charge >= 0.3 is 0 Å². The van der Waals surface area contributed by atoms with E-state index in [1.165, 1.54) is 12.0 Å². The standard InChI is InChI=1S/C14H19N3O3/c1-11-2-4-13(5-3-11)19-9-12(18)8-15-7-6-14-16-10-20-17-14/h2-5,10,12,15,18H,6-9H2,1H3. The molecule has 0 aliphatic rings. The minimum absolute atomic E-state index is 0.262. The van der Waals surface area contributed by atoms with Crippen LogP contribution in [0.5, 0.6) is 5.75 Å². The van der Waals surface area contributed by atoms with E-state index in [2.05, 4.69) is 20.0 Å². The Hall–Kier alpha value is -1.92. The second-order valence-electron chi connectivity index (χ2n) is 4.58. The van der Waals surface area contributed by atoms with Crippen molar-refractivity contribution in [2.45, 2.75) is 19.4 Å². The third kappa shape index (κ3) is 4.99. The summed E-state index contributed by atoms with van der Waals surface area (Å²) in [5, 5.41) is 16.6. The Bertz CT molecular complexity index is 485. The van der Waals surface area contributed by atoms with E-state index in [1.54, 1.807) is 0 Å². The number of aryl methyl sites for hydroxylation is 1. The van der Waals surface area contributed by atoms with Crippen molar-refractivity contribution in [2.24, 2.45) is 0 Å². The van der Waals surface area contributed by atoms with Crippen molar-refractivity contribution in [3.63, 3.8) is 0 Å². The molecule has 0 aliphatic carbocycles. The maximum absolute atomic E-state index is 9.79. The highest BCUT2D eigenvalue weighted by Crippen LogP contribution is 2.11. The lowest BCUT2D eigenvalue weighted by Gasteiger charge is -2.13. The number of aliphatic hydroxyl groups excluding tert-OH is 1. The third-order valence-corrected chi connectivity index (χ3v) is 2.78. The van der Waals surface area contributed by atoms with Gasteiger partial charge in [-0.1, -0.05) is 22.9 Å². The third-order valence-electron chi connectivity index (χ3n) is 2.78. The summed E-state index contributed by atoms with van der Waals surface area (Å²) in [6.45, 7) is 3.43. The number of benzene rings is 1. The quantitative estimate of drug-likeness (QED) is 0.699. The van der Waals surface area contributed by atoms with E-state index in [0.29, 0.717) is 25.3 Å². The van der Waals surface area contributed by atoms with Crippen LogP contribution in [-0.4, -0.2) is 41.0 Å². The van der Waals surface area contributed by atoms with Crippen LogP contribution in [0.25, 0.3) is 0 Å². The maximum atomic E-state index is 9.79. The van der Waals surface area contributed by atoms with Crippen molar-refractivity contribution in [2.75, 3.05) is 19.7 Å². The van der Waals surface area contributed by atoms with Gasteiger partial charge in [-0.05, 0) is 19.1 Å². The molecule has 2 aromatic rings. The van der Waals surface area contributed by atoms with Gasteiger partial charge in [0.15, 0.2) is 5.82 Å². The Labute approximate surface area is 117 Å². The number of ether oxygens (including phenoxy) is 1. The van der Waals surface area contributed by atoms with Crippen molar-refractivity contribution in [3.8, 4) is 5.75 Å². The van der Waals surface area contributed by atoms with Gasteiger partial charge in [0.2, 0.25) is 6.39 Å². The molecule has 0 saturated carbocycles. The largest absolute Gasteiger partial charge is 0.491 e. The lowest BCUT2D eigenvalue weighted by atomic mass is 10.2. The van der Waals surface area contributed by atoms with Gasteiger partial charge < -0.3 is 19.7 Å². The van der Waals surface area contributed by atoms with Crippen LogP contribution in [0.2, 0.25) is 0 Å². The van der Waals surface area contributed by atoms with Crippen LogP contribution in [0, 0.1) is 6.92 Å². The molecular formula is C14H19N3O3. The van der Waals surface area contributed by atoms with Crippen molar-refractivity contribution in [1.82, 2.24) is 15.5 Å². The molecule has 0 amide bonds. The Morgan fingerprint density at radius 2 is 2.15 bits per heavy atom. The van der Waals surface area contributed by atoms with Gasteiger partial charge in [0, 0.05) is 19.5 Å². The van der Waals surface area contributed by atoms with E-state index < -0.39 is 6.10 Å². The molecule has 0 spiro atoms. The maximum Gasteiger partial charge on any atom is 0.213 e. The van der Waals surface area contributed by atoms with Gasteiger partial charge in [-0.15, -0.1) is 0 Å². The summed E-state index contributed by atoms with van der Waals surface area (Å²) in [5.74, 6) is 1.42. The lowest BCUT2D eigenvalue weighted by Crippen LogP contribution is -2.32. The SMILES string of the molecule is Cc1ccc(OCC(O)CNCCc2ncon2)cc1. The zero-order valence-electron chi connectivity index (χ0n) is 11.5. The first kappa shape index (κ1) is 14.5. The molecule has 0 fully saturated rings. The van der Waals surface area contributed by atoms with Crippen molar-refractivity contribution < 1.29 is 14.4 Å². The molecule has 0 saturated heterocycles. The molecule has 1 aromatic heterocycles. The van der Waals surface area contributed by atoms with Gasteiger partial charge in [-0.25, -0.2) is 0 Å². The summed E-state index contributed by atoms with van der Waals surface area (Å²) in [6, 6.07) is 7.74. The van der Waals surface area contributed by atoms with Crippen LogP contribution in [0.4, 0.5) is 0 Å². The predicted octanol–water partition coefficient (Wildman–Crippen LogP) is 0.950. The predicted molar refractivity (Wildman–Crippen MR) is 73.6 cm³/mol. The van der Waals surface area contributed by atoms with Crippen LogP contribution in [0.3, 0.4) is 0 Å². The van der Waals surface area contributed by atoms with Crippen molar-refractivity contribution in [3.05, 3.63) is 42.0 Å². The van der Waals surface area contributed by atoms with E-state index in [-0.39, 0.29) is 6.61 Å². The Morgan fingerprint density at radius 1 is 1.35 bits per heavy atom. The van der Waals surface area contributed by atoms with Crippen LogP contribution < -0.4 is 10.1 Å². The van der Waals surface area contributed by atoms with E-state index in [1.807, 2.05) is 31.2 Å². The highest BCUT2D eigenvalue weighted by atomic mass is 16.5. The molecule has 108 valence electrons. The zero-order valence-corrected chi connectivity index (χ0v) is 11.5. The molecular weight excluding hydrogens is 258 g/mol. The Morgan fingerprint density at radius 3 is 2.85 bits per heavy atom. The van der Waals surface area contributed by atoms with E-state index in [4.69, 9.17) is 4.74 Å². The fourth-order valence-corrected chi connectivity index (χ4v) is 1.66. The second kappa shape index (κ2) is 7.62. The smallest absolute Gasteiger partial charge is 0.213 e. The van der Waals surface area contributed by atoms with Crippen LogP contribution in [0.1, 0.15) is 11.4 Å². The van der Waals surface area contributed by atoms with Gasteiger partial charge in [0.1, 0.15) is 18.5 Å². The molecule has 0 bridgehead atoms. The summed E-state index contributed by atoms with van der Waals surface area (Å²) in [6.07, 6.45) is 1.42. The molecule has 2 rings (SSSR count). The first-order valence-electron chi connectivity index (χ1n) is 6.57. The van der Waals surface area contributed by atoms with Crippen LogP contribution >= 0.6 is 0 Å². The first-order valence-corrected chi connectivity index (χ1v) is 6.57. The van der Waals surface area contributed by atoms with Gasteiger partial charge in [-0.3, -0.25) is 0 Å². The molecule has 2 N–H and O–H groups in total. The normalized spacial score (nSPS) is 12.3. The highest BCUT2D eigenvalue weighted by molar-refractivity contribution is 5.26. The average Bonchev–Trinajstić information content (AvgIpc) is 2.96. The minimum Gasteiger partial charge on any atom is -0.491 e. The van der Waals surface area contributed by atoms with Gasteiger partial charge in [0.25, 0.3) is 0 Å². The molecule has 1 heterocycles. The van der Waals surface area contributed by atoms with Gasteiger partial charge in [0.05, 0.1) is 0 Å².